The Morgan fingerprint density at radius 3 is 1.47 bits per heavy atom. The molecule has 12 rings (SSSR count). The quantitative estimate of drug-likeness (QED) is 0.164. The number of aryl methyl sites for hydroxylation is 2. The lowest BCUT2D eigenvalue weighted by molar-refractivity contribution is -0.137. The lowest BCUT2D eigenvalue weighted by Crippen LogP contribution is -2.09. The number of nitrogens with zero attached hydrogens (tertiary/aromatic N) is 6. The number of alkyl halides is 3. The van der Waals surface area contributed by atoms with Gasteiger partial charge < -0.3 is 18.3 Å². The minimum absolute atomic E-state index is 0.0115. The van der Waals surface area contributed by atoms with Crippen LogP contribution in [0.3, 0.4) is 0 Å². The van der Waals surface area contributed by atoms with Crippen LogP contribution in [-0.4, -0.2) is 18.3 Å². The van der Waals surface area contributed by atoms with E-state index >= 15 is 13.2 Å². The monoisotopic (exact) mass is 808 g/mol. The van der Waals surface area contributed by atoms with Crippen LogP contribution in [0.5, 0.6) is 0 Å². The second kappa shape index (κ2) is 12.6. The van der Waals surface area contributed by atoms with Gasteiger partial charge in [0.2, 0.25) is 0 Å². The maximum absolute atomic E-state index is 15.1. The molecule has 0 fully saturated rings. The molecule has 4 heterocycles. The number of nitriles is 1. The first kappa shape index (κ1) is 35.7. The van der Waals surface area contributed by atoms with Crippen molar-refractivity contribution in [2.75, 3.05) is 0 Å². The van der Waals surface area contributed by atoms with Crippen LogP contribution in [0.1, 0.15) is 11.1 Å². The van der Waals surface area contributed by atoms with E-state index in [1.807, 2.05) is 61.6 Å². The largest absolute Gasteiger partial charge is 0.415 e. The molecule has 0 saturated carbocycles. The van der Waals surface area contributed by atoms with E-state index in [1.165, 1.54) is 12.1 Å². The number of fused-ring (bicyclic) bond motifs is 14. The Morgan fingerprint density at radius 2 is 0.984 bits per heavy atom. The van der Waals surface area contributed by atoms with Gasteiger partial charge in [0.05, 0.1) is 68.2 Å². The summed E-state index contributed by atoms with van der Waals surface area (Å²) in [4.78, 5) is 3.61. The summed E-state index contributed by atoms with van der Waals surface area (Å²) in [7, 11) is 4.10. The Labute approximate surface area is 351 Å². The molecule has 12 aromatic rings. The molecule has 0 aliphatic heterocycles. The van der Waals surface area contributed by atoms with Crippen molar-refractivity contribution in [2.24, 2.45) is 14.1 Å². The van der Waals surface area contributed by atoms with Crippen LogP contribution in [0.2, 0.25) is 0 Å². The Kier molecular flexibility index (Phi) is 7.26. The number of para-hydroxylation sites is 4. The number of rotatable bonds is 3. The Morgan fingerprint density at radius 1 is 0.516 bits per heavy atom. The van der Waals surface area contributed by atoms with E-state index in [4.69, 9.17) is 6.57 Å². The molecular formula is C53H31F3N6. The van der Waals surface area contributed by atoms with E-state index in [2.05, 4.69) is 103 Å². The average molecular weight is 809 g/mol. The van der Waals surface area contributed by atoms with E-state index < -0.39 is 11.7 Å². The smallest absolute Gasteiger partial charge is 0.344 e. The van der Waals surface area contributed by atoms with Crippen LogP contribution >= 0.6 is 0 Å². The van der Waals surface area contributed by atoms with E-state index in [0.29, 0.717) is 11.4 Å². The van der Waals surface area contributed by atoms with Gasteiger partial charge >= 0.3 is 6.18 Å². The Balaban J connectivity index is 1.36. The van der Waals surface area contributed by atoms with Crippen molar-refractivity contribution < 1.29 is 13.2 Å². The van der Waals surface area contributed by atoms with Gasteiger partial charge in [0.15, 0.2) is 5.69 Å². The molecule has 8 aromatic carbocycles. The third-order valence-electron chi connectivity index (χ3n) is 12.9. The standard InChI is InChI=1S/C53H31F3N6/c1-58-39-18-12-17-38(53(54,55)56)48(39)37-28-47(62-43-22-11-5-14-32(43)34-24-26-45-50(52(34)62)36-16-7-9-20-41(36)60(45)3)46(27-30(37)29-57)61-42-21-10-4-13-31(42)33-23-25-44-49(51(33)61)35-15-6-8-19-40(35)59(44)2/h4-28H,2-3H3. The highest BCUT2D eigenvalue weighted by Gasteiger charge is 2.36. The lowest BCUT2D eigenvalue weighted by Gasteiger charge is -2.22. The fourth-order valence-corrected chi connectivity index (χ4v) is 10.3. The number of halogens is 3. The predicted octanol–water partition coefficient (Wildman–Crippen LogP) is 14.3. The minimum atomic E-state index is -4.81. The van der Waals surface area contributed by atoms with Crippen LogP contribution in [0.25, 0.3) is 115 Å². The summed E-state index contributed by atoms with van der Waals surface area (Å²) in [5, 5.41) is 19.1. The van der Waals surface area contributed by atoms with Crippen molar-refractivity contribution in [3.63, 3.8) is 0 Å². The molecule has 0 atom stereocenters. The normalized spacial score (nSPS) is 12.2. The van der Waals surface area contributed by atoms with Crippen molar-refractivity contribution in [1.82, 2.24) is 18.3 Å². The maximum Gasteiger partial charge on any atom is 0.415 e. The van der Waals surface area contributed by atoms with E-state index in [1.54, 1.807) is 12.1 Å². The summed E-state index contributed by atoms with van der Waals surface area (Å²) in [5.74, 6) is 0. The van der Waals surface area contributed by atoms with Crippen molar-refractivity contribution in [2.45, 2.75) is 6.18 Å². The zero-order valence-corrected chi connectivity index (χ0v) is 33.3. The van der Waals surface area contributed by atoms with Gasteiger partial charge in [-0.05, 0) is 54.1 Å². The molecule has 9 heteroatoms. The van der Waals surface area contributed by atoms with E-state index in [0.717, 1.165) is 93.3 Å². The summed E-state index contributed by atoms with van der Waals surface area (Å²) in [6.07, 6.45) is -4.81. The molecule has 0 N–H and O–H groups in total. The predicted molar refractivity (Wildman–Crippen MR) is 245 cm³/mol. The number of hydrogen-bond donors (Lipinski definition) is 0. The van der Waals surface area contributed by atoms with Crippen LogP contribution < -0.4 is 0 Å². The highest BCUT2D eigenvalue weighted by Crippen LogP contribution is 2.49. The van der Waals surface area contributed by atoms with Gasteiger partial charge in [-0.1, -0.05) is 103 Å². The summed E-state index contributed by atoms with van der Waals surface area (Å²) >= 11 is 0. The molecule has 0 aliphatic rings. The van der Waals surface area contributed by atoms with Crippen LogP contribution in [0.15, 0.2) is 152 Å². The first-order valence-electron chi connectivity index (χ1n) is 20.1. The molecule has 294 valence electrons. The van der Waals surface area contributed by atoms with Crippen LogP contribution in [0, 0.1) is 17.9 Å². The average Bonchev–Trinajstić information content (AvgIpc) is 4.00. The molecule has 0 saturated heterocycles. The van der Waals surface area contributed by atoms with Crippen molar-refractivity contribution in [1.29, 1.82) is 5.26 Å². The Hall–Kier alpha value is -8.27. The zero-order valence-electron chi connectivity index (χ0n) is 33.3. The maximum atomic E-state index is 15.1. The van der Waals surface area contributed by atoms with Gasteiger partial charge in [-0.3, -0.25) is 0 Å². The summed E-state index contributed by atoms with van der Waals surface area (Å²) in [6.45, 7) is 8.08. The lowest BCUT2D eigenvalue weighted by atomic mass is 9.92. The molecule has 0 radical (unpaired) electrons. The zero-order chi connectivity index (χ0) is 42.2. The third-order valence-corrected chi connectivity index (χ3v) is 12.9. The third kappa shape index (κ3) is 4.62. The first-order valence-corrected chi connectivity index (χ1v) is 20.1. The fraction of sp³-hybridized carbons (Fsp3) is 0.0566. The fourth-order valence-electron chi connectivity index (χ4n) is 10.3. The highest BCUT2D eigenvalue weighted by atomic mass is 19.4. The van der Waals surface area contributed by atoms with Gasteiger partial charge in [-0.2, -0.15) is 18.4 Å². The Bertz CT molecular complexity index is 4030. The molecule has 4 aromatic heterocycles. The highest BCUT2D eigenvalue weighted by molar-refractivity contribution is 6.27. The number of hydrogen-bond acceptors (Lipinski definition) is 1. The summed E-state index contributed by atoms with van der Waals surface area (Å²) < 4.78 is 54.1. The van der Waals surface area contributed by atoms with Crippen molar-refractivity contribution in [3.05, 3.63) is 174 Å². The van der Waals surface area contributed by atoms with Crippen molar-refractivity contribution >= 4 is 92.9 Å². The van der Waals surface area contributed by atoms with Crippen LogP contribution in [0.4, 0.5) is 18.9 Å². The van der Waals surface area contributed by atoms with E-state index in [9.17, 15) is 5.26 Å². The minimum Gasteiger partial charge on any atom is -0.344 e. The van der Waals surface area contributed by atoms with Gasteiger partial charge in [0.1, 0.15) is 0 Å². The second-order valence-corrected chi connectivity index (χ2v) is 15.9. The second-order valence-electron chi connectivity index (χ2n) is 15.9. The van der Waals surface area contributed by atoms with Crippen LogP contribution in [-0.2, 0) is 20.3 Å². The molecule has 0 bridgehead atoms. The topological polar surface area (TPSA) is 47.9 Å². The molecule has 62 heavy (non-hydrogen) atoms. The molecule has 0 unspecified atom stereocenters. The van der Waals surface area contributed by atoms with Gasteiger partial charge in [-0.15, -0.1) is 0 Å². The summed E-state index contributed by atoms with van der Waals surface area (Å²) in [5.41, 5.74) is 7.28. The molecule has 0 amide bonds. The summed E-state index contributed by atoms with van der Waals surface area (Å²) in [6, 6.07) is 50.6. The molecular weight excluding hydrogens is 778 g/mol. The molecule has 6 nitrogen and oxygen atoms in total. The molecule has 0 spiro atoms. The molecule has 0 aliphatic carbocycles. The van der Waals surface area contributed by atoms with E-state index in [-0.39, 0.29) is 22.4 Å². The van der Waals surface area contributed by atoms with Crippen molar-refractivity contribution in [3.8, 4) is 28.6 Å². The van der Waals surface area contributed by atoms with Gasteiger partial charge in [-0.25, -0.2) is 4.85 Å². The number of aromatic nitrogens is 4. The SMILES string of the molecule is [C-]#[N+]c1cccc(C(F)(F)F)c1-c1cc(-n2c3ccccc3c3ccc4c(c5ccccc5n4C)c32)c(-n2c3ccccc3c3ccc4c(c5ccccc5n4C)c32)cc1C#N. The first-order chi connectivity index (χ1) is 30.2. The van der Waals surface area contributed by atoms with Gasteiger partial charge in [0.25, 0.3) is 0 Å². The number of benzene rings is 8. The van der Waals surface area contributed by atoms with Gasteiger partial charge in [0, 0.05) is 73.8 Å².